The summed E-state index contributed by atoms with van der Waals surface area (Å²) in [5, 5.41) is 2.76. The number of halogens is 1. The van der Waals surface area contributed by atoms with Crippen LogP contribution < -0.4 is 5.32 Å². The highest BCUT2D eigenvalue weighted by Gasteiger charge is 2.23. The predicted molar refractivity (Wildman–Crippen MR) is 82.5 cm³/mol. The molecule has 1 aromatic rings. The Morgan fingerprint density at radius 1 is 1.29 bits per heavy atom. The molecule has 0 aromatic heterocycles. The lowest BCUT2D eigenvalue weighted by atomic mass is 9.99. The molecule has 1 amide bonds. The largest absolute Gasteiger partial charge is 0.385 e. The second-order valence-electron chi connectivity index (χ2n) is 4.88. The Labute approximate surface area is 130 Å². The first-order chi connectivity index (χ1) is 9.70. The Bertz CT molecular complexity index is 641. The van der Waals surface area contributed by atoms with E-state index in [1.165, 1.54) is 0 Å². The normalized spacial score (nSPS) is 11.5. The molecule has 1 N–H and O–H groups in total. The number of hydrogen-bond acceptors (Lipinski definition) is 4. The predicted octanol–water partition coefficient (Wildman–Crippen LogP) is 2.31. The minimum Gasteiger partial charge on any atom is -0.385 e. The molecule has 1 aromatic carbocycles. The first-order valence-corrected chi connectivity index (χ1v) is 8.83. The number of benzene rings is 1. The van der Waals surface area contributed by atoms with Gasteiger partial charge in [-0.25, -0.2) is 8.42 Å². The fourth-order valence-corrected chi connectivity index (χ4v) is 4.02. The van der Waals surface area contributed by atoms with E-state index < -0.39 is 9.05 Å². The second-order valence-corrected chi connectivity index (χ2v) is 7.38. The summed E-state index contributed by atoms with van der Waals surface area (Å²) in [6.07, 6.45) is 0.687. The minimum absolute atomic E-state index is 0.0109. The molecule has 0 aliphatic rings. The quantitative estimate of drug-likeness (QED) is 0.640. The average Bonchev–Trinajstić information content (AvgIpc) is 2.32. The number of amides is 1. The number of aryl methyl sites for hydroxylation is 2. The summed E-state index contributed by atoms with van der Waals surface area (Å²) in [4.78, 5) is 12.3. The average molecular weight is 334 g/mol. The zero-order valence-corrected chi connectivity index (χ0v) is 14.2. The lowest BCUT2D eigenvalue weighted by molar-refractivity contribution is 0.0947. The van der Waals surface area contributed by atoms with Gasteiger partial charge in [0.2, 0.25) is 0 Å². The summed E-state index contributed by atoms with van der Waals surface area (Å²) >= 11 is 0. The molecule has 0 saturated heterocycles. The SMILES string of the molecule is COCCCNC(=O)c1c(C)cc(C)c(S(=O)(=O)Cl)c1C. The summed E-state index contributed by atoms with van der Waals surface area (Å²) in [6.45, 7) is 6.04. The van der Waals surface area contributed by atoms with Crippen molar-refractivity contribution in [3.63, 3.8) is 0 Å². The van der Waals surface area contributed by atoms with Gasteiger partial charge in [-0.2, -0.15) is 0 Å². The van der Waals surface area contributed by atoms with Crippen LogP contribution in [0, 0.1) is 20.8 Å². The first kappa shape index (κ1) is 17.9. The van der Waals surface area contributed by atoms with Gasteiger partial charge in [-0.1, -0.05) is 6.07 Å². The van der Waals surface area contributed by atoms with Crippen LogP contribution in [-0.2, 0) is 13.8 Å². The maximum atomic E-state index is 12.3. The standard InChI is InChI=1S/C14H20ClNO4S/c1-9-8-10(2)13(21(15,18)19)11(3)12(9)14(17)16-6-5-7-20-4/h8H,5-7H2,1-4H3,(H,16,17). The van der Waals surface area contributed by atoms with E-state index in [1.807, 2.05) is 0 Å². The van der Waals surface area contributed by atoms with Gasteiger partial charge in [0.1, 0.15) is 0 Å². The van der Waals surface area contributed by atoms with Gasteiger partial charge in [-0.15, -0.1) is 0 Å². The monoisotopic (exact) mass is 333 g/mol. The molecular weight excluding hydrogens is 314 g/mol. The summed E-state index contributed by atoms with van der Waals surface area (Å²) < 4.78 is 28.3. The van der Waals surface area contributed by atoms with E-state index in [0.29, 0.717) is 36.3 Å². The first-order valence-electron chi connectivity index (χ1n) is 6.52. The third kappa shape index (κ3) is 4.43. The fourth-order valence-electron chi connectivity index (χ4n) is 2.40. The highest BCUT2D eigenvalue weighted by atomic mass is 35.7. The molecule has 0 fully saturated rings. The smallest absolute Gasteiger partial charge is 0.261 e. The topological polar surface area (TPSA) is 72.5 Å². The van der Waals surface area contributed by atoms with Crippen LogP contribution in [0.3, 0.4) is 0 Å². The third-order valence-electron chi connectivity index (χ3n) is 3.18. The van der Waals surface area contributed by atoms with E-state index in [-0.39, 0.29) is 10.8 Å². The van der Waals surface area contributed by atoms with Crippen LogP contribution in [0.25, 0.3) is 0 Å². The maximum absolute atomic E-state index is 12.3. The van der Waals surface area contributed by atoms with E-state index in [1.54, 1.807) is 33.9 Å². The molecular formula is C14H20ClNO4S. The number of hydrogen-bond donors (Lipinski definition) is 1. The number of carbonyl (C=O) groups excluding carboxylic acids is 1. The van der Waals surface area contributed by atoms with Gasteiger partial charge in [0.25, 0.3) is 15.0 Å². The molecule has 0 saturated carbocycles. The summed E-state index contributed by atoms with van der Waals surface area (Å²) in [5.41, 5.74) is 2.00. The molecule has 0 aliphatic heterocycles. The van der Waals surface area contributed by atoms with Crippen molar-refractivity contribution in [2.75, 3.05) is 20.3 Å². The van der Waals surface area contributed by atoms with Crippen molar-refractivity contribution in [2.45, 2.75) is 32.1 Å². The number of ether oxygens (including phenoxy) is 1. The molecule has 0 radical (unpaired) electrons. The molecule has 21 heavy (non-hydrogen) atoms. The molecule has 1 rings (SSSR count). The molecule has 5 nitrogen and oxygen atoms in total. The lowest BCUT2D eigenvalue weighted by Crippen LogP contribution is -2.27. The van der Waals surface area contributed by atoms with Crippen LogP contribution >= 0.6 is 10.7 Å². The summed E-state index contributed by atoms with van der Waals surface area (Å²) in [7, 11) is 3.16. The lowest BCUT2D eigenvalue weighted by Gasteiger charge is -2.15. The van der Waals surface area contributed by atoms with Crippen LogP contribution in [0.4, 0.5) is 0 Å². The Morgan fingerprint density at radius 3 is 2.43 bits per heavy atom. The van der Waals surface area contributed by atoms with Crippen molar-refractivity contribution in [2.24, 2.45) is 0 Å². The zero-order chi connectivity index (χ0) is 16.2. The molecule has 0 heterocycles. The van der Waals surface area contributed by atoms with Crippen molar-refractivity contribution >= 4 is 25.6 Å². The van der Waals surface area contributed by atoms with Gasteiger partial charge in [0.15, 0.2) is 0 Å². The van der Waals surface area contributed by atoms with Gasteiger partial charge in [-0.05, 0) is 43.9 Å². The Hall–Kier alpha value is -1.11. The number of rotatable bonds is 6. The molecule has 0 aliphatic carbocycles. The highest BCUT2D eigenvalue weighted by Crippen LogP contribution is 2.28. The van der Waals surface area contributed by atoms with Crippen LogP contribution in [0.1, 0.15) is 33.5 Å². The van der Waals surface area contributed by atoms with Gasteiger partial charge in [-0.3, -0.25) is 4.79 Å². The maximum Gasteiger partial charge on any atom is 0.261 e. The molecule has 118 valence electrons. The van der Waals surface area contributed by atoms with Crippen LogP contribution in [-0.4, -0.2) is 34.6 Å². The van der Waals surface area contributed by atoms with Gasteiger partial charge >= 0.3 is 0 Å². The number of nitrogens with one attached hydrogen (secondary N) is 1. The Morgan fingerprint density at radius 2 is 1.90 bits per heavy atom. The van der Waals surface area contributed by atoms with E-state index in [2.05, 4.69) is 5.32 Å². The van der Waals surface area contributed by atoms with E-state index in [4.69, 9.17) is 15.4 Å². The summed E-state index contributed by atoms with van der Waals surface area (Å²) in [6, 6.07) is 1.66. The van der Waals surface area contributed by atoms with Crippen molar-refractivity contribution in [3.05, 3.63) is 28.3 Å². The second kappa shape index (κ2) is 7.24. The number of methoxy groups -OCH3 is 1. The van der Waals surface area contributed by atoms with Crippen LogP contribution in [0.15, 0.2) is 11.0 Å². The highest BCUT2D eigenvalue weighted by molar-refractivity contribution is 8.13. The van der Waals surface area contributed by atoms with E-state index >= 15 is 0 Å². The molecule has 0 bridgehead atoms. The van der Waals surface area contributed by atoms with Crippen molar-refractivity contribution in [3.8, 4) is 0 Å². The molecule has 0 spiro atoms. The fraction of sp³-hybridized carbons (Fsp3) is 0.500. The van der Waals surface area contributed by atoms with Crippen molar-refractivity contribution in [1.82, 2.24) is 5.32 Å². The van der Waals surface area contributed by atoms with Crippen molar-refractivity contribution in [1.29, 1.82) is 0 Å². The van der Waals surface area contributed by atoms with Gasteiger partial charge in [0.05, 0.1) is 4.90 Å². The molecule has 0 unspecified atom stereocenters. The zero-order valence-electron chi connectivity index (χ0n) is 12.6. The van der Waals surface area contributed by atoms with Gasteiger partial charge < -0.3 is 10.1 Å². The third-order valence-corrected chi connectivity index (χ3v) is 4.76. The van der Waals surface area contributed by atoms with E-state index in [0.717, 1.165) is 5.56 Å². The molecule has 0 atom stereocenters. The van der Waals surface area contributed by atoms with Crippen molar-refractivity contribution < 1.29 is 17.9 Å². The van der Waals surface area contributed by atoms with Gasteiger partial charge in [0, 0.05) is 36.5 Å². The van der Waals surface area contributed by atoms with Crippen LogP contribution in [0.2, 0.25) is 0 Å². The minimum atomic E-state index is -3.89. The van der Waals surface area contributed by atoms with E-state index in [9.17, 15) is 13.2 Å². The van der Waals surface area contributed by atoms with Crippen LogP contribution in [0.5, 0.6) is 0 Å². The Kier molecular flexibility index (Phi) is 6.19. The Balaban J connectivity index is 3.16. The molecule has 7 heteroatoms. The number of carbonyl (C=O) groups is 1. The summed E-state index contributed by atoms with van der Waals surface area (Å²) in [5.74, 6) is -0.303.